The lowest BCUT2D eigenvalue weighted by Crippen LogP contribution is -2.48. The van der Waals surface area contributed by atoms with Crippen LogP contribution < -0.4 is 4.74 Å². The topological polar surface area (TPSA) is 65.0 Å². The normalized spacial score (nSPS) is 27.3. The van der Waals surface area contributed by atoms with Gasteiger partial charge in [-0.05, 0) is 115 Å². The number of rotatable bonds is 8. The fraction of sp³-hybridized carbons (Fsp3) is 0.452. The van der Waals surface area contributed by atoms with Gasteiger partial charge >= 0.3 is 5.97 Å². The molecule has 5 heteroatoms. The highest BCUT2D eigenvalue weighted by atomic mass is 16.7. The van der Waals surface area contributed by atoms with Crippen LogP contribution in [0.4, 0.5) is 0 Å². The Morgan fingerprint density at radius 1 is 1.00 bits per heavy atom. The second-order valence-corrected chi connectivity index (χ2v) is 11.2. The third-order valence-corrected chi connectivity index (χ3v) is 8.88. The molecule has 0 amide bonds. The quantitative estimate of drug-likeness (QED) is 0.347. The van der Waals surface area contributed by atoms with E-state index in [0.717, 1.165) is 40.0 Å². The van der Waals surface area contributed by atoms with Gasteiger partial charge < -0.3 is 19.3 Å². The van der Waals surface area contributed by atoms with Crippen molar-refractivity contribution in [3.63, 3.8) is 0 Å². The van der Waals surface area contributed by atoms with Gasteiger partial charge in [0.05, 0.1) is 5.56 Å². The van der Waals surface area contributed by atoms with Crippen LogP contribution in [-0.2, 0) is 14.9 Å². The van der Waals surface area contributed by atoms with Crippen molar-refractivity contribution in [1.82, 2.24) is 0 Å². The van der Waals surface area contributed by atoms with Gasteiger partial charge in [-0.25, -0.2) is 4.79 Å². The molecular weight excluding hydrogens is 452 g/mol. The fourth-order valence-corrected chi connectivity index (χ4v) is 7.58. The summed E-state index contributed by atoms with van der Waals surface area (Å²) < 4.78 is 17.3. The van der Waals surface area contributed by atoms with Gasteiger partial charge in [0.15, 0.2) is 13.1 Å². The molecule has 0 saturated heterocycles. The molecular formula is C31H34O5. The lowest BCUT2D eigenvalue weighted by atomic mass is 9.48. The Labute approximate surface area is 212 Å². The van der Waals surface area contributed by atoms with Gasteiger partial charge in [0, 0.05) is 12.7 Å². The lowest BCUT2D eigenvalue weighted by Gasteiger charge is -2.57. The highest BCUT2D eigenvalue weighted by Crippen LogP contribution is 2.62. The molecule has 5 nitrogen and oxygen atoms in total. The Kier molecular flexibility index (Phi) is 6.01. The molecule has 1 N–H and O–H groups in total. The fourth-order valence-electron chi connectivity index (χ4n) is 7.58. The van der Waals surface area contributed by atoms with Crippen LogP contribution in [0.2, 0.25) is 0 Å². The van der Waals surface area contributed by atoms with Crippen molar-refractivity contribution in [1.29, 1.82) is 0 Å². The van der Waals surface area contributed by atoms with Gasteiger partial charge in [-0.2, -0.15) is 0 Å². The van der Waals surface area contributed by atoms with Crippen molar-refractivity contribution in [3.8, 4) is 16.9 Å². The minimum Gasteiger partial charge on any atom is -0.478 e. The first-order valence-electron chi connectivity index (χ1n) is 13.1. The highest BCUT2D eigenvalue weighted by Gasteiger charge is 2.52. The van der Waals surface area contributed by atoms with Crippen LogP contribution in [-0.4, -0.2) is 31.3 Å². The van der Waals surface area contributed by atoms with E-state index in [0.29, 0.717) is 5.56 Å². The summed E-state index contributed by atoms with van der Waals surface area (Å²) in [4.78, 5) is 11.4. The maximum Gasteiger partial charge on any atom is 0.335 e. The first kappa shape index (κ1) is 23.5. The predicted octanol–water partition coefficient (Wildman–Crippen LogP) is 7.02. The predicted molar refractivity (Wildman–Crippen MR) is 139 cm³/mol. The SMILES string of the molecule is COC(C)OCOc1cc2cccc(-c3ccc(C(=O)O)cc3)c2cc1C12CC3CC(CC(C3)C1)C2. The maximum atomic E-state index is 11.4. The maximum absolute atomic E-state index is 11.4. The number of hydrogen-bond acceptors (Lipinski definition) is 4. The minimum absolute atomic E-state index is 0.149. The summed E-state index contributed by atoms with van der Waals surface area (Å²) in [5.74, 6) is 2.48. The molecule has 0 aromatic heterocycles. The number of carboxylic acid groups (broad SMARTS) is 1. The average molecular weight is 487 g/mol. The Balaban J connectivity index is 1.45. The molecule has 36 heavy (non-hydrogen) atoms. The van der Waals surface area contributed by atoms with Gasteiger partial charge in [0.25, 0.3) is 0 Å². The van der Waals surface area contributed by atoms with E-state index in [9.17, 15) is 9.90 Å². The van der Waals surface area contributed by atoms with Crippen LogP contribution in [0.25, 0.3) is 21.9 Å². The third-order valence-electron chi connectivity index (χ3n) is 8.88. The lowest BCUT2D eigenvalue weighted by molar-refractivity contribution is -0.150. The molecule has 4 bridgehead atoms. The molecule has 4 fully saturated rings. The number of carbonyl (C=O) groups is 1. The van der Waals surface area contributed by atoms with Crippen molar-refractivity contribution in [2.75, 3.05) is 13.9 Å². The number of benzene rings is 3. The molecule has 3 aromatic rings. The van der Waals surface area contributed by atoms with Gasteiger partial charge in [-0.3, -0.25) is 0 Å². The summed E-state index contributed by atoms with van der Waals surface area (Å²) >= 11 is 0. The molecule has 0 heterocycles. The molecule has 0 radical (unpaired) electrons. The van der Waals surface area contributed by atoms with E-state index in [1.807, 2.05) is 19.1 Å². The Hall–Kier alpha value is -2.89. The molecule has 3 aromatic carbocycles. The Morgan fingerprint density at radius 3 is 2.28 bits per heavy atom. The van der Waals surface area contributed by atoms with Crippen molar-refractivity contribution in [3.05, 3.63) is 65.7 Å². The first-order valence-corrected chi connectivity index (χ1v) is 13.1. The van der Waals surface area contributed by atoms with E-state index in [-0.39, 0.29) is 18.5 Å². The number of fused-ring (bicyclic) bond motifs is 1. The summed E-state index contributed by atoms with van der Waals surface area (Å²) in [6.45, 7) is 2.02. The van der Waals surface area contributed by atoms with Gasteiger partial charge in [-0.15, -0.1) is 0 Å². The second kappa shape index (κ2) is 9.20. The van der Waals surface area contributed by atoms with E-state index < -0.39 is 5.97 Å². The zero-order chi connectivity index (χ0) is 24.9. The largest absolute Gasteiger partial charge is 0.478 e. The van der Waals surface area contributed by atoms with Crippen molar-refractivity contribution in [2.45, 2.75) is 57.2 Å². The molecule has 4 aliphatic carbocycles. The van der Waals surface area contributed by atoms with E-state index in [1.165, 1.54) is 49.5 Å². The molecule has 4 aliphatic rings. The number of aromatic carboxylic acids is 1. The van der Waals surface area contributed by atoms with E-state index in [1.54, 1.807) is 19.2 Å². The average Bonchev–Trinajstić information content (AvgIpc) is 2.87. The summed E-state index contributed by atoms with van der Waals surface area (Å²) in [5.41, 5.74) is 3.91. The Morgan fingerprint density at radius 2 is 1.67 bits per heavy atom. The van der Waals surface area contributed by atoms with E-state index in [2.05, 4.69) is 30.3 Å². The van der Waals surface area contributed by atoms with Crippen LogP contribution in [0.3, 0.4) is 0 Å². The highest BCUT2D eigenvalue weighted by molar-refractivity contribution is 5.98. The third kappa shape index (κ3) is 4.18. The van der Waals surface area contributed by atoms with Crippen LogP contribution >= 0.6 is 0 Å². The molecule has 7 rings (SSSR count). The van der Waals surface area contributed by atoms with Gasteiger partial charge in [0.2, 0.25) is 0 Å². The van der Waals surface area contributed by atoms with Crippen molar-refractivity contribution in [2.24, 2.45) is 17.8 Å². The van der Waals surface area contributed by atoms with E-state index in [4.69, 9.17) is 14.2 Å². The molecule has 188 valence electrons. The van der Waals surface area contributed by atoms with Crippen LogP contribution in [0, 0.1) is 17.8 Å². The summed E-state index contributed by atoms with van der Waals surface area (Å²) in [6, 6.07) is 18.0. The summed E-state index contributed by atoms with van der Waals surface area (Å²) in [6.07, 6.45) is 7.56. The van der Waals surface area contributed by atoms with Crippen molar-refractivity contribution < 1.29 is 24.1 Å². The molecule has 4 saturated carbocycles. The molecule has 1 atom stereocenters. The monoisotopic (exact) mass is 486 g/mol. The number of hydrogen-bond donors (Lipinski definition) is 1. The number of methoxy groups -OCH3 is 1. The molecule has 0 spiro atoms. The molecule has 0 aliphatic heterocycles. The van der Waals surface area contributed by atoms with E-state index >= 15 is 0 Å². The first-order chi connectivity index (χ1) is 17.4. The van der Waals surface area contributed by atoms with Crippen molar-refractivity contribution >= 4 is 16.7 Å². The van der Waals surface area contributed by atoms with Gasteiger partial charge in [-0.1, -0.05) is 30.3 Å². The van der Waals surface area contributed by atoms with Crippen LogP contribution in [0.5, 0.6) is 5.75 Å². The zero-order valence-electron chi connectivity index (χ0n) is 21.0. The number of ether oxygens (including phenoxy) is 3. The Bertz CT molecular complexity index is 1240. The number of carboxylic acids is 1. The summed E-state index contributed by atoms with van der Waals surface area (Å²) in [5, 5.41) is 11.6. The smallest absolute Gasteiger partial charge is 0.335 e. The second-order valence-electron chi connectivity index (χ2n) is 11.2. The van der Waals surface area contributed by atoms with Crippen LogP contribution in [0.15, 0.2) is 54.6 Å². The van der Waals surface area contributed by atoms with Crippen LogP contribution in [0.1, 0.15) is 61.4 Å². The molecule has 1 unspecified atom stereocenters. The minimum atomic E-state index is -0.907. The zero-order valence-corrected chi connectivity index (χ0v) is 21.0. The van der Waals surface area contributed by atoms with Gasteiger partial charge in [0.1, 0.15) is 5.75 Å². The standard InChI is InChI=1S/C31H34O5/c1-19(34-2)35-18-36-29-13-25-4-3-5-26(23-6-8-24(9-7-23)30(32)33)27(25)14-28(29)31-15-20-10-21(16-31)12-22(11-20)17-31/h3-9,13-14,19-22H,10-12,15-18H2,1-2H3,(H,32,33). The summed E-state index contributed by atoms with van der Waals surface area (Å²) in [7, 11) is 1.63.